The van der Waals surface area contributed by atoms with E-state index in [1.807, 2.05) is 32.9 Å². The minimum absolute atomic E-state index is 0.148. The molecule has 7 nitrogen and oxygen atoms in total. The molecule has 2 aromatic rings. The number of nitrogens with one attached hydrogen (secondary N) is 2. The number of pyridine rings is 1. The van der Waals surface area contributed by atoms with Gasteiger partial charge in [-0.05, 0) is 30.9 Å². The van der Waals surface area contributed by atoms with Crippen molar-refractivity contribution in [3.8, 4) is 0 Å². The number of dihydropyridines is 1. The molecule has 3 heterocycles. The Labute approximate surface area is 204 Å². The van der Waals surface area contributed by atoms with Crippen molar-refractivity contribution in [2.75, 3.05) is 12.4 Å². The topological polar surface area (TPSA) is 89.0 Å². The predicted molar refractivity (Wildman–Crippen MR) is 129 cm³/mol. The van der Waals surface area contributed by atoms with E-state index in [0.29, 0.717) is 35.8 Å². The number of carbonyl (C=O) groups excluding carboxylic acids is 1. The van der Waals surface area contributed by atoms with Crippen LogP contribution in [-0.2, 0) is 15.7 Å². The number of aromatic nitrogens is 3. The summed E-state index contributed by atoms with van der Waals surface area (Å²) in [4.78, 5) is 26.0. The van der Waals surface area contributed by atoms with Gasteiger partial charge in [0.05, 0.1) is 30.1 Å². The minimum atomic E-state index is -2.66. The van der Waals surface area contributed by atoms with Gasteiger partial charge in [0.2, 0.25) is 5.92 Å². The third-order valence-electron chi connectivity index (χ3n) is 6.62. The van der Waals surface area contributed by atoms with Crippen molar-refractivity contribution >= 4 is 11.6 Å². The molecule has 1 aliphatic carbocycles. The van der Waals surface area contributed by atoms with E-state index in [1.54, 1.807) is 31.6 Å². The number of methoxy groups -OCH3 is 1. The quantitative estimate of drug-likeness (QED) is 0.616. The summed E-state index contributed by atoms with van der Waals surface area (Å²) in [6.45, 7) is 5.99. The molecule has 0 aromatic carbocycles. The molecule has 4 rings (SSSR count). The number of ether oxygens (including phenoxy) is 1. The van der Waals surface area contributed by atoms with E-state index in [4.69, 9.17) is 4.74 Å². The molecule has 35 heavy (non-hydrogen) atoms. The molecule has 0 bridgehead atoms. The van der Waals surface area contributed by atoms with E-state index < -0.39 is 11.5 Å². The van der Waals surface area contributed by atoms with Gasteiger partial charge in [0, 0.05) is 42.4 Å². The van der Waals surface area contributed by atoms with Crippen LogP contribution in [0.4, 0.5) is 14.5 Å². The van der Waals surface area contributed by atoms with Gasteiger partial charge in [-0.25, -0.2) is 18.7 Å². The Morgan fingerprint density at radius 3 is 2.49 bits per heavy atom. The maximum atomic E-state index is 14.0. The number of alkyl halides is 2. The maximum absolute atomic E-state index is 14.0. The van der Waals surface area contributed by atoms with Crippen LogP contribution < -0.4 is 10.6 Å². The van der Waals surface area contributed by atoms with Gasteiger partial charge < -0.3 is 15.4 Å². The molecule has 1 fully saturated rings. The lowest BCUT2D eigenvalue weighted by Crippen LogP contribution is -2.50. The molecule has 1 atom stereocenters. The zero-order chi connectivity index (χ0) is 25.3. The van der Waals surface area contributed by atoms with Crippen LogP contribution in [-0.4, -0.2) is 33.9 Å². The fraction of sp³-hybridized carbons (Fsp3) is 0.462. The van der Waals surface area contributed by atoms with Crippen molar-refractivity contribution in [2.45, 2.75) is 63.3 Å². The molecule has 0 saturated heterocycles. The van der Waals surface area contributed by atoms with Gasteiger partial charge >= 0.3 is 0 Å². The van der Waals surface area contributed by atoms with Crippen LogP contribution in [0.5, 0.6) is 0 Å². The third-order valence-corrected chi connectivity index (χ3v) is 6.62. The second-order valence-corrected chi connectivity index (χ2v) is 10.1. The van der Waals surface area contributed by atoms with Gasteiger partial charge in [-0.3, -0.25) is 9.78 Å². The number of carbonyl (C=O) groups is 1. The number of allylic oxidation sites excluding steroid dienone is 2. The van der Waals surface area contributed by atoms with E-state index in [1.165, 1.54) is 12.4 Å². The highest BCUT2D eigenvalue weighted by molar-refractivity contribution is 6.04. The Bertz CT molecular complexity index is 1130. The van der Waals surface area contributed by atoms with E-state index in [0.717, 1.165) is 5.56 Å². The zero-order valence-corrected chi connectivity index (χ0v) is 20.4. The molecule has 2 aromatic heterocycles. The highest BCUT2D eigenvalue weighted by Gasteiger charge is 2.47. The lowest BCUT2D eigenvalue weighted by molar-refractivity contribution is -0.0549. The molecule has 1 aliphatic heterocycles. The standard InChI is InChI=1S/C26H31F2N5O2/c1-24(2,3)23-30-14-17(15-31-23)22(34)32-20-16-29-13-9-19(20)26(10-5-6-21(33-26)35-4)18-7-11-25(27,28)12-8-18/h5-6,9-10,13-16,18,33H,7-8,11-12H2,1-4H3,(H,32,34). The van der Waals surface area contributed by atoms with Crippen molar-refractivity contribution in [3.05, 3.63) is 71.9 Å². The molecule has 1 amide bonds. The van der Waals surface area contributed by atoms with Crippen LogP contribution >= 0.6 is 0 Å². The maximum Gasteiger partial charge on any atom is 0.258 e. The Morgan fingerprint density at radius 2 is 1.86 bits per heavy atom. The Morgan fingerprint density at radius 1 is 1.17 bits per heavy atom. The first-order chi connectivity index (χ1) is 16.5. The summed E-state index contributed by atoms with van der Waals surface area (Å²) in [5.74, 6) is -2.04. The number of amides is 1. The molecule has 186 valence electrons. The highest BCUT2D eigenvalue weighted by atomic mass is 19.3. The van der Waals surface area contributed by atoms with Gasteiger partial charge in [0.25, 0.3) is 5.91 Å². The van der Waals surface area contributed by atoms with Crippen molar-refractivity contribution in [1.82, 2.24) is 20.3 Å². The lowest BCUT2D eigenvalue weighted by atomic mass is 9.69. The number of hydrogen-bond acceptors (Lipinski definition) is 6. The molecule has 1 unspecified atom stereocenters. The third kappa shape index (κ3) is 5.18. The number of rotatable bonds is 5. The highest BCUT2D eigenvalue weighted by Crippen LogP contribution is 2.47. The van der Waals surface area contributed by atoms with Gasteiger partial charge in [0.15, 0.2) is 5.88 Å². The first kappa shape index (κ1) is 24.8. The largest absolute Gasteiger partial charge is 0.482 e. The summed E-state index contributed by atoms with van der Waals surface area (Å²) in [6.07, 6.45) is 12.1. The molecule has 0 radical (unpaired) electrons. The Hall–Kier alpha value is -3.36. The van der Waals surface area contributed by atoms with E-state index >= 15 is 0 Å². The van der Waals surface area contributed by atoms with Gasteiger partial charge in [0.1, 0.15) is 5.82 Å². The van der Waals surface area contributed by atoms with Gasteiger partial charge in [-0.1, -0.05) is 32.9 Å². The lowest BCUT2D eigenvalue weighted by Gasteiger charge is -2.45. The van der Waals surface area contributed by atoms with Crippen LogP contribution in [0.3, 0.4) is 0 Å². The molecular formula is C26H31F2N5O2. The van der Waals surface area contributed by atoms with Crippen LogP contribution in [0.15, 0.2) is 55.0 Å². The molecular weight excluding hydrogens is 452 g/mol. The Kier molecular flexibility index (Phi) is 6.62. The number of halogens is 2. The second-order valence-electron chi connectivity index (χ2n) is 10.1. The van der Waals surface area contributed by atoms with Crippen LogP contribution in [0.25, 0.3) is 0 Å². The fourth-order valence-electron chi connectivity index (χ4n) is 4.69. The SMILES string of the molecule is COC1=CC=CC(c2ccncc2NC(=O)c2cnc(C(C)(C)C)nc2)(C2CCC(F)(F)CC2)N1. The average Bonchev–Trinajstić information content (AvgIpc) is 2.84. The summed E-state index contributed by atoms with van der Waals surface area (Å²) in [5.41, 5.74) is 0.421. The summed E-state index contributed by atoms with van der Waals surface area (Å²) < 4.78 is 33.5. The normalized spacial score (nSPS) is 22.2. The van der Waals surface area contributed by atoms with E-state index in [-0.39, 0.29) is 30.1 Å². The Balaban J connectivity index is 1.67. The van der Waals surface area contributed by atoms with Gasteiger partial charge in [-0.2, -0.15) is 0 Å². The van der Waals surface area contributed by atoms with E-state index in [2.05, 4.69) is 25.6 Å². The van der Waals surface area contributed by atoms with E-state index in [9.17, 15) is 13.6 Å². The van der Waals surface area contributed by atoms with Crippen molar-refractivity contribution in [2.24, 2.45) is 5.92 Å². The smallest absolute Gasteiger partial charge is 0.258 e. The van der Waals surface area contributed by atoms with Crippen molar-refractivity contribution in [3.63, 3.8) is 0 Å². The minimum Gasteiger partial charge on any atom is -0.482 e. The number of anilines is 1. The van der Waals surface area contributed by atoms with Crippen LogP contribution in [0.2, 0.25) is 0 Å². The zero-order valence-electron chi connectivity index (χ0n) is 20.4. The second kappa shape index (κ2) is 9.36. The molecule has 2 N–H and O–H groups in total. The molecule has 0 spiro atoms. The summed E-state index contributed by atoms with van der Waals surface area (Å²) in [5, 5.41) is 6.34. The van der Waals surface area contributed by atoms with Crippen molar-refractivity contribution in [1.29, 1.82) is 0 Å². The molecule has 9 heteroatoms. The summed E-state index contributed by atoms with van der Waals surface area (Å²) in [6, 6.07) is 1.80. The fourth-order valence-corrected chi connectivity index (χ4v) is 4.69. The summed E-state index contributed by atoms with van der Waals surface area (Å²) >= 11 is 0. The van der Waals surface area contributed by atoms with Crippen molar-refractivity contribution < 1.29 is 18.3 Å². The number of hydrogen-bond donors (Lipinski definition) is 2. The van der Waals surface area contributed by atoms with Crippen LogP contribution in [0.1, 0.15) is 68.2 Å². The predicted octanol–water partition coefficient (Wildman–Crippen LogP) is 5.09. The van der Waals surface area contributed by atoms with Crippen LogP contribution in [0, 0.1) is 5.92 Å². The average molecular weight is 484 g/mol. The number of nitrogens with zero attached hydrogens (tertiary/aromatic N) is 3. The first-order valence-corrected chi connectivity index (χ1v) is 11.7. The monoisotopic (exact) mass is 483 g/mol. The summed E-state index contributed by atoms with van der Waals surface area (Å²) in [7, 11) is 1.55. The molecule has 1 saturated carbocycles. The van der Waals surface area contributed by atoms with Gasteiger partial charge in [-0.15, -0.1) is 0 Å². The molecule has 2 aliphatic rings. The first-order valence-electron chi connectivity index (χ1n) is 11.7.